The van der Waals surface area contributed by atoms with Crippen molar-refractivity contribution < 1.29 is 9.18 Å². The Morgan fingerprint density at radius 3 is 2.80 bits per heavy atom. The molecule has 3 rings (SSSR count). The summed E-state index contributed by atoms with van der Waals surface area (Å²) in [4.78, 5) is 23.0. The van der Waals surface area contributed by atoms with Gasteiger partial charge in [0.05, 0.1) is 10.6 Å². The van der Waals surface area contributed by atoms with Crippen LogP contribution in [-0.2, 0) is 0 Å². The van der Waals surface area contributed by atoms with Crippen LogP contribution in [0, 0.1) is 5.82 Å². The third-order valence-electron chi connectivity index (χ3n) is 4.43. The number of likely N-dealkylation sites (tertiary alicyclic amines) is 1. The molecule has 5 nitrogen and oxygen atoms in total. The first-order valence-corrected chi connectivity index (χ1v) is 8.81. The van der Waals surface area contributed by atoms with Gasteiger partial charge in [0.15, 0.2) is 0 Å². The molecule has 2 aromatic rings. The number of halogens is 2. The lowest BCUT2D eigenvalue weighted by Crippen LogP contribution is -2.43. The number of rotatable bonds is 4. The first-order chi connectivity index (χ1) is 12.1. The molecule has 132 valence electrons. The van der Waals surface area contributed by atoms with Crippen LogP contribution >= 0.6 is 11.6 Å². The highest BCUT2D eigenvalue weighted by molar-refractivity contribution is 6.31. The number of aromatic nitrogens is 2. The minimum atomic E-state index is -0.485. The van der Waals surface area contributed by atoms with E-state index in [-0.39, 0.29) is 10.9 Å². The van der Waals surface area contributed by atoms with Crippen LogP contribution in [0.5, 0.6) is 0 Å². The molecule has 1 fully saturated rings. The predicted octanol–water partition coefficient (Wildman–Crippen LogP) is 4.42. The highest BCUT2D eigenvalue weighted by Gasteiger charge is 2.26. The minimum absolute atomic E-state index is 0.0208. The van der Waals surface area contributed by atoms with E-state index in [4.69, 9.17) is 11.6 Å². The van der Waals surface area contributed by atoms with Gasteiger partial charge < -0.3 is 10.2 Å². The average Bonchev–Trinajstić information content (AvgIpc) is 2.65. The highest BCUT2D eigenvalue weighted by Crippen LogP contribution is 2.23. The summed E-state index contributed by atoms with van der Waals surface area (Å²) < 4.78 is 13.2. The third kappa shape index (κ3) is 4.07. The Bertz CT molecular complexity index is 753. The van der Waals surface area contributed by atoms with E-state index in [9.17, 15) is 9.18 Å². The van der Waals surface area contributed by atoms with Crippen LogP contribution < -0.4 is 5.32 Å². The number of anilines is 2. The van der Waals surface area contributed by atoms with Crippen molar-refractivity contribution in [1.29, 1.82) is 0 Å². The van der Waals surface area contributed by atoms with E-state index < -0.39 is 5.82 Å². The van der Waals surface area contributed by atoms with Gasteiger partial charge in [-0.25, -0.2) is 14.4 Å². The molecular weight excluding hydrogens is 343 g/mol. The fraction of sp³-hybridized carbons (Fsp3) is 0.389. The maximum atomic E-state index is 13.2. The zero-order chi connectivity index (χ0) is 17.8. The Morgan fingerprint density at radius 1 is 1.36 bits per heavy atom. The number of nitrogens with one attached hydrogen (secondary N) is 1. The summed E-state index contributed by atoms with van der Waals surface area (Å²) in [5, 5.41) is 2.96. The van der Waals surface area contributed by atoms with Gasteiger partial charge in [-0.1, -0.05) is 18.5 Å². The lowest BCUT2D eigenvalue weighted by Gasteiger charge is -2.35. The van der Waals surface area contributed by atoms with Crippen molar-refractivity contribution in [3.8, 4) is 0 Å². The second kappa shape index (κ2) is 7.78. The van der Waals surface area contributed by atoms with Gasteiger partial charge >= 0.3 is 0 Å². The molecule has 1 aliphatic heterocycles. The molecule has 1 amide bonds. The van der Waals surface area contributed by atoms with Crippen molar-refractivity contribution >= 4 is 29.1 Å². The zero-order valence-electron chi connectivity index (χ0n) is 14.0. The van der Waals surface area contributed by atoms with Crippen molar-refractivity contribution in [2.45, 2.75) is 38.6 Å². The summed E-state index contributed by atoms with van der Waals surface area (Å²) in [7, 11) is 0. The molecule has 1 atom stereocenters. The van der Waals surface area contributed by atoms with E-state index in [0.717, 1.165) is 25.8 Å². The van der Waals surface area contributed by atoms with Gasteiger partial charge in [0.1, 0.15) is 5.82 Å². The van der Waals surface area contributed by atoms with Crippen LogP contribution in [0.4, 0.5) is 16.0 Å². The maximum Gasteiger partial charge on any atom is 0.257 e. The van der Waals surface area contributed by atoms with Crippen LogP contribution in [0.3, 0.4) is 0 Å². The van der Waals surface area contributed by atoms with E-state index in [0.29, 0.717) is 23.2 Å². The van der Waals surface area contributed by atoms with E-state index in [2.05, 4.69) is 22.2 Å². The van der Waals surface area contributed by atoms with Crippen molar-refractivity contribution in [2.75, 3.05) is 11.9 Å². The summed E-state index contributed by atoms with van der Waals surface area (Å²) in [6.07, 6.45) is 7.25. The van der Waals surface area contributed by atoms with Gasteiger partial charge in [0.2, 0.25) is 5.95 Å². The summed E-state index contributed by atoms with van der Waals surface area (Å²) in [5.41, 5.74) is 1.05. The monoisotopic (exact) mass is 362 g/mol. The van der Waals surface area contributed by atoms with Crippen molar-refractivity contribution in [3.63, 3.8) is 0 Å². The second-order valence-electron chi connectivity index (χ2n) is 6.11. The Labute approximate surface area is 151 Å². The number of hydrogen-bond donors (Lipinski definition) is 1. The molecule has 1 aliphatic rings. The fourth-order valence-electron chi connectivity index (χ4n) is 3.06. The Hall–Kier alpha value is -2.21. The number of benzene rings is 1. The molecule has 0 radical (unpaired) electrons. The van der Waals surface area contributed by atoms with Gasteiger partial charge in [-0.05, 0) is 43.9 Å². The molecule has 1 N–H and O–H groups in total. The summed E-state index contributed by atoms with van der Waals surface area (Å²) in [6.45, 7) is 2.89. The van der Waals surface area contributed by atoms with Gasteiger partial charge in [0.25, 0.3) is 5.91 Å². The molecule has 1 aromatic heterocycles. The van der Waals surface area contributed by atoms with Gasteiger partial charge in [-0.2, -0.15) is 0 Å². The van der Waals surface area contributed by atoms with Crippen LogP contribution in [-0.4, -0.2) is 33.4 Å². The number of hydrogen-bond acceptors (Lipinski definition) is 4. The lowest BCUT2D eigenvalue weighted by atomic mass is 9.99. The summed E-state index contributed by atoms with van der Waals surface area (Å²) in [6, 6.07) is 4.56. The standard InChI is InChI=1S/C18H20ClFN4O/c1-2-14-5-3-4-8-24(14)17(25)12-10-21-18(22-11-12)23-13-6-7-16(20)15(19)9-13/h6-7,9-11,14H,2-5,8H2,1H3,(H,21,22,23). The number of piperidine rings is 1. The first kappa shape index (κ1) is 17.6. The third-order valence-corrected chi connectivity index (χ3v) is 4.72. The molecule has 2 heterocycles. The lowest BCUT2D eigenvalue weighted by molar-refractivity contribution is 0.0607. The van der Waals surface area contributed by atoms with Crippen LogP contribution in [0.2, 0.25) is 5.02 Å². The van der Waals surface area contributed by atoms with E-state index in [1.165, 1.54) is 30.9 Å². The zero-order valence-corrected chi connectivity index (χ0v) is 14.8. The van der Waals surface area contributed by atoms with Gasteiger partial charge in [0, 0.05) is 30.7 Å². The van der Waals surface area contributed by atoms with Crippen molar-refractivity contribution in [2.24, 2.45) is 0 Å². The molecule has 1 aromatic carbocycles. The normalized spacial score (nSPS) is 17.4. The molecule has 0 aliphatic carbocycles. The molecular formula is C18H20ClFN4O. The number of amides is 1. The Morgan fingerprint density at radius 2 is 2.12 bits per heavy atom. The van der Waals surface area contributed by atoms with E-state index >= 15 is 0 Å². The van der Waals surface area contributed by atoms with E-state index in [1.807, 2.05) is 4.90 Å². The largest absolute Gasteiger partial charge is 0.336 e. The first-order valence-electron chi connectivity index (χ1n) is 8.43. The number of nitrogens with zero attached hydrogens (tertiary/aromatic N) is 3. The molecule has 0 bridgehead atoms. The maximum absolute atomic E-state index is 13.2. The minimum Gasteiger partial charge on any atom is -0.336 e. The summed E-state index contributed by atoms with van der Waals surface area (Å²) >= 11 is 5.75. The summed E-state index contributed by atoms with van der Waals surface area (Å²) in [5.74, 6) is -0.186. The predicted molar refractivity (Wildman–Crippen MR) is 95.7 cm³/mol. The number of carbonyl (C=O) groups excluding carboxylic acids is 1. The number of carbonyl (C=O) groups is 1. The van der Waals surface area contributed by atoms with Crippen molar-refractivity contribution in [3.05, 3.63) is 47.0 Å². The topological polar surface area (TPSA) is 58.1 Å². The van der Waals surface area contributed by atoms with E-state index in [1.54, 1.807) is 6.07 Å². The SMILES string of the molecule is CCC1CCCCN1C(=O)c1cnc(Nc2ccc(F)c(Cl)c2)nc1. The average molecular weight is 363 g/mol. The second-order valence-corrected chi connectivity index (χ2v) is 6.51. The molecule has 0 spiro atoms. The van der Waals surface area contributed by atoms with Crippen molar-refractivity contribution in [1.82, 2.24) is 14.9 Å². The van der Waals surface area contributed by atoms with Gasteiger partial charge in [-0.15, -0.1) is 0 Å². The van der Waals surface area contributed by atoms with Gasteiger partial charge in [-0.3, -0.25) is 4.79 Å². The van der Waals surface area contributed by atoms with Crippen LogP contribution in [0.25, 0.3) is 0 Å². The molecule has 1 unspecified atom stereocenters. The quantitative estimate of drug-likeness (QED) is 0.874. The molecule has 0 saturated carbocycles. The Balaban J connectivity index is 1.71. The Kier molecular flexibility index (Phi) is 5.48. The molecule has 1 saturated heterocycles. The van der Waals surface area contributed by atoms with Crippen LogP contribution in [0.15, 0.2) is 30.6 Å². The smallest absolute Gasteiger partial charge is 0.257 e. The molecule has 25 heavy (non-hydrogen) atoms. The van der Waals surface area contributed by atoms with Crippen LogP contribution in [0.1, 0.15) is 43.0 Å². The fourth-order valence-corrected chi connectivity index (χ4v) is 3.24. The highest BCUT2D eigenvalue weighted by atomic mass is 35.5. The molecule has 7 heteroatoms.